The smallest absolute Gasteiger partial charge is 0.339 e. The van der Waals surface area contributed by atoms with Crippen LogP contribution in [0.3, 0.4) is 0 Å². The highest BCUT2D eigenvalue weighted by Gasteiger charge is 2.27. The topological polar surface area (TPSA) is 65.5 Å². The van der Waals surface area contributed by atoms with Crippen LogP contribution >= 0.6 is 0 Å². The van der Waals surface area contributed by atoms with Crippen LogP contribution in [0.1, 0.15) is 35.8 Å². The number of carbonyl (C=O) groups excluding carboxylic acids is 2. The van der Waals surface area contributed by atoms with Gasteiger partial charge in [-0.3, -0.25) is 9.78 Å². The van der Waals surface area contributed by atoms with E-state index in [2.05, 4.69) is 4.98 Å². The van der Waals surface area contributed by atoms with Gasteiger partial charge in [0.05, 0.1) is 31.4 Å². The van der Waals surface area contributed by atoms with Crippen LogP contribution in [0.4, 0.5) is 0 Å². The summed E-state index contributed by atoms with van der Waals surface area (Å²) in [5.41, 5.74) is 0.922. The molecule has 1 heterocycles. The highest BCUT2D eigenvalue weighted by Crippen LogP contribution is 2.26. The molecule has 2 atom stereocenters. The minimum Gasteiger partial charge on any atom is -0.469 e. The second-order valence-corrected chi connectivity index (χ2v) is 4.03. The number of aromatic nitrogens is 1. The largest absolute Gasteiger partial charge is 0.469 e. The molecule has 0 saturated heterocycles. The molecule has 5 nitrogen and oxygen atoms in total. The van der Waals surface area contributed by atoms with Crippen molar-refractivity contribution in [1.82, 2.24) is 4.98 Å². The van der Waals surface area contributed by atoms with Crippen LogP contribution in [0.2, 0.25) is 0 Å². The van der Waals surface area contributed by atoms with E-state index in [1.807, 2.05) is 6.92 Å². The number of esters is 2. The van der Waals surface area contributed by atoms with Gasteiger partial charge in [-0.1, -0.05) is 13.8 Å². The summed E-state index contributed by atoms with van der Waals surface area (Å²) in [6, 6.07) is 3.29. The zero-order valence-electron chi connectivity index (χ0n) is 11.0. The van der Waals surface area contributed by atoms with Crippen molar-refractivity contribution in [3.8, 4) is 0 Å². The van der Waals surface area contributed by atoms with Gasteiger partial charge in [0.15, 0.2) is 0 Å². The molecule has 0 radical (unpaired) electrons. The highest BCUT2D eigenvalue weighted by atomic mass is 16.5. The Morgan fingerprint density at radius 2 is 1.89 bits per heavy atom. The fourth-order valence-electron chi connectivity index (χ4n) is 1.69. The fraction of sp³-hybridized carbons (Fsp3) is 0.462. The van der Waals surface area contributed by atoms with Crippen molar-refractivity contribution in [1.29, 1.82) is 0 Å². The molecule has 0 aliphatic rings. The Balaban J connectivity index is 3.09. The number of rotatable bonds is 4. The van der Waals surface area contributed by atoms with Crippen molar-refractivity contribution in [3.05, 3.63) is 29.6 Å². The van der Waals surface area contributed by atoms with E-state index < -0.39 is 5.97 Å². The van der Waals surface area contributed by atoms with Crippen LogP contribution in [0.25, 0.3) is 0 Å². The van der Waals surface area contributed by atoms with Crippen molar-refractivity contribution >= 4 is 11.9 Å². The lowest BCUT2D eigenvalue weighted by Gasteiger charge is -2.19. The maximum atomic E-state index is 11.6. The number of hydrogen-bond donors (Lipinski definition) is 0. The van der Waals surface area contributed by atoms with Gasteiger partial charge in [-0.25, -0.2) is 4.79 Å². The third-order valence-corrected chi connectivity index (χ3v) is 3.00. The van der Waals surface area contributed by atoms with Gasteiger partial charge in [0.1, 0.15) is 0 Å². The molecule has 0 amide bonds. The quantitative estimate of drug-likeness (QED) is 0.763. The summed E-state index contributed by atoms with van der Waals surface area (Å²) in [6.45, 7) is 3.57. The Labute approximate surface area is 106 Å². The molecule has 0 aliphatic carbocycles. The molecule has 1 rings (SSSR count). The van der Waals surface area contributed by atoms with E-state index >= 15 is 0 Å². The van der Waals surface area contributed by atoms with E-state index in [9.17, 15) is 9.59 Å². The Morgan fingerprint density at radius 1 is 1.22 bits per heavy atom. The normalized spacial score (nSPS) is 13.6. The summed E-state index contributed by atoms with van der Waals surface area (Å²) < 4.78 is 9.40. The number of nitrogens with zero attached hydrogens (tertiary/aromatic N) is 1. The van der Waals surface area contributed by atoms with Gasteiger partial charge in [0.2, 0.25) is 0 Å². The van der Waals surface area contributed by atoms with Crippen LogP contribution in [-0.4, -0.2) is 31.1 Å². The molecular formula is C13H17NO4. The molecule has 1 aromatic rings. The van der Waals surface area contributed by atoms with Crippen molar-refractivity contribution in [3.63, 3.8) is 0 Å². The molecule has 0 aliphatic heterocycles. The van der Waals surface area contributed by atoms with Gasteiger partial charge < -0.3 is 9.47 Å². The van der Waals surface area contributed by atoms with Crippen LogP contribution in [0, 0.1) is 5.92 Å². The maximum Gasteiger partial charge on any atom is 0.339 e. The summed E-state index contributed by atoms with van der Waals surface area (Å²) in [5.74, 6) is -1.40. The molecule has 0 spiro atoms. The minimum atomic E-state index is -0.456. The van der Waals surface area contributed by atoms with E-state index in [-0.39, 0.29) is 17.8 Å². The third kappa shape index (κ3) is 2.85. The predicted molar refractivity (Wildman–Crippen MR) is 65.2 cm³/mol. The SMILES string of the molecule is COC(=O)c1cccnc1[C@@H](C)[C@H](C)C(=O)OC. The Kier molecular flexibility index (Phi) is 4.83. The zero-order valence-corrected chi connectivity index (χ0v) is 11.0. The van der Waals surface area contributed by atoms with E-state index in [1.54, 1.807) is 25.3 Å². The van der Waals surface area contributed by atoms with Crippen molar-refractivity contribution in [2.24, 2.45) is 5.92 Å². The van der Waals surface area contributed by atoms with Crippen LogP contribution in [0.15, 0.2) is 18.3 Å². The van der Waals surface area contributed by atoms with Gasteiger partial charge in [-0.2, -0.15) is 0 Å². The van der Waals surface area contributed by atoms with Gasteiger partial charge in [-0.05, 0) is 12.1 Å². The molecule has 0 bridgehead atoms. The van der Waals surface area contributed by atoms with E-state index in [1.165, 1.54) is 14.2 Å². The van der Waals surface area contributed by atoms with E-state index in [4.69, 9.17) is 9.47 Å². The lowest BCUT2D eigenvalue weighted by Crippen LogP contribution is -2.21. The molecule has 5 heteroatoms. The molecule has 0 fully saturated rings. The van der Waals surface area contributed by atoms with Crippen LogP contribution in [-0.2, 0) is 14.3 Å². The molecule has 0 aromatic carbocycles. The van der Waals surface area contributed by atoms with Gasteiger partial charge in [-0.15, -0.1) is 0 Å². The molecule has 0 unspecified atom stereocenters. The molecule has 0 N–H and O–H groups in total. The Morgan fingerprint density at radius 3 is 2.44 bits per heavy atom. The van der Waals surface area contributed by atoms with Crippen molar-refractivity contribution < 1.29 is 19.1 Å². The van der Waals surface area contributed by atoms with Gasteiger partial charge in [0, 0.05) is 12.1 Å². The molecule has 18 heavy (non-hydrogen) atoms. The summed E-state index contributed by atoms with van der Waals surface area (Å²) in [4.78, 5) is 27.3. The second kappa shape index (κ2) is 6.14. The highest BCUT2D eigenvalue weighted by molar-refractivity contribution is 5.90. The fourth-order valence-corrected chi connectivity index (χ4v) is 1.69. The molecular weight excluding hydrogens is 234 g/mol. The minimum absolute atomic E-state index is 0.229. The monoisotopic (exact) mass is 251 g/mol. The molecule has 98 valence electrons. The lowest BCUT2D eigenvalue weighted by molar-refractivity contribution is -0.145. The second-order valence-electron chi connectivity index (χ2n) is 4.03. The number of pyridine rings is 1. The number of methoxy groups -OCH3 is 2. The first-order valence-electron chi connectivity index (χ1n) is 5.64. The Hall–Kier alpha value is -1.91. The van der Waals surface area contributed by atoms with Crippen molar-refractivity contribution in [2.45, 2.75) is 19.8 Å². The Bertz CT molecular complexity index is 444. The standard InChI is InChI=1S/C13H17NO4/c1-8(9(2)12(15)17-3)11-10(13(16)18-4)6-5-7-14-11/h5-9H,1-4H3/t8-,9-/m0/s1. The van der Waals surface area contributed by atoms with Crippen LogP contribution in [0.5, 0.6) is 0 Å². The van der Waals surface area contributed by atoms with E-state index in [0.29, 0.717) is 11.3 Å². The number of hydrogen-bond acceptors (Lipinski definition) is 5. The van der Waals surface area contributed by atoms with Gasteiger partial charge in [0.25, 0.3) is 0 Å². The van der Waals surface area contributed by atoms with Crippen LogP contribution < -0.4 is 0 Å². The predicted octanol–water partition coefficient (Wildman–Crippen LogP) is 1.78. The summed E-state index contributed by atoms with van der Waals surface area (Å²) >= 11 is 0. The maximum absolute atomic E-state index is 11.6. The zero-order chi connectivity index (χ0) is 13.7. The summed E-state index contributed by atoms with van der Waals surface area (Å²) in [7, 11) is 2.65. The van der Waals surface area contributed by atoms with Gasteiger partial charge >= 0.3 is 11.9 Å². The number of ether oxygens (including phenoxy) is 2. The summed E-state index contributed by atoms with van der Waals surface area (Å²) in [6.07, 6.45) is 1.59. The first-order chi connectivity index (χ1) is 8.52. The molecule has 0 saturated carbocycles. The third-order valence-electron chi connectivity index (χ3n) is 3.00. The molecule has 1 aromatic heterocycles. The first-order valence-corrected chi connectivity index (χ1v) is 5.64. The average molecular weight is 251 g/mol. The lowest BCUT2D eigenvalue weighted by atomic mass is 9.90. The van der Waals surface area contributed by atoms with E-state index in [0.717, 1.165) is 0 Å². The average Bonchev–Trinajstić information content (AvgIpc) is 2.43. The summed E-state index contributed by atoms with van der Waals surface area (Å²) in [5, 5.41) is 0. The van der Waals surface area contributed by atoms with Crippen molar-refractivity contribution in [2.75, 3.05) is 14.2 Å². The first kappa shape index (κ1) is 14.2. The number of carbonyl (C=O) groups is 2.